The minimum Gasteiger partial charge on any atom is -0.480 e. The molecular weight excluding hydrogens is 436 g/mol. The van der Waals surface area contributed by atoms with Crippen LogP contribution in [0, 0.1) is 0 Å². The maximum Gasteiger partial charge on any atom is 0.408 e. The number of methoxy groups -OCH3 is 1. The Morgan fingerprint density at radius 2 is 1.62 bits per heavy atom. The second-order valence-corrected chi connectivity index (χ2v) is 8.47. The molecule has 3 rings (SSSR count). The first-order valence-corrected chi connectivity index (χ1v) is 11.5. The number of alkyl carbamates (subject to hydrolysis) is 1. The first-order valence-electron chi connectivity index (χ1n) is 11.5. The highest BCUT2D eigenvalue weighted by atomic mass is 16.5. The zero-order valence-electron chi connectivity index (χ0n) is 19.8. The molecule has 0 bridgehead atoms. The molecule has 2 amide bonds. The van der Waals surface area contributed by atoms with Gasteiger partial charge in [-0.05, 0) is 35.1 Å². The smallest absolute Gasteiger partial charge is 0.408 e. The van der Waals surface area contributed by atoms with E-state index in [0.717, 1.165) is 22.3 Å². The molecule has 0 spiro atoms. The quantitative estimate of drug-likeness (QED) is 0.464. The average Bonchev–Trinajstić information content (AvgIpc) is 3.15. The number of aliphatic carboxylic acids is 1. The summed E-state index contributed by atoms with van der Waals surface area (Å²) < 4.78 is 10.8. The number of fused-ring (bicyclic) bond motifs is 3. The predicted molar refractivity (Wildman–Crippen MR) is 128 cm³/mol. The van der Waals surface area contributed by atoms with Crippen molar-refractivity contribution in [3.05, 3.63) is 59.7 Å². The summed E-state index contributed by atoms with van der Waals surface area (Å²) in [5, 5.41) is 14.6. The highest BCUT2D eigenvalue weighted by molar-refractivity contribution is 5.93. The summed E-state index contributed by atoms with van der Waals surface area (Å²) >= 11 is 0. The van der Waals surface area contributed by atoms with Crippen LogP contribution in [0.2, 0.25) is 0 Å². The van der Waals surface area contributed by atoms with Gasteiger partial charge in [-0.3, -0.25) is 4.79 Å². The number of carboxylic acids is 1. The molecule has 2 aromatic carbocycles. The monoisotopic (exact) mass is 468 g/mol. The fraction of sp³-hybridized carbons (Fsp3) is 0.423. The third kappa shape index (κ3) is 5.22. The molecular formula is C26H32N2O6. The Balaban J connectivity index is 1.73. The second kappa shape index (κ2) is 11.2. The number of benzene rings is 2. The molecule has 2 aromatic rings. The molecule has 3 N–H and O–H groups in total. The van der Waals surface area contributed by atoms with Crippen LogP contribution in [0.15, 0.2) is 48.5 Å². The number of carboxylic acid groups (broad SMARTS) is 1. The predicted octanol–water partition coefficient (Wildman–Crippen LogP) is 3.69. The number of ether oxygens (including phenoxy) is 2. The lowest BCUT2D eigenvalue weighted by molar-refractivity contribution is -0.143. The lowest BCUT2D eigenvalue weighted by Crippen LogP contribution is -2.63. The molecule has 0 radical (unpaired) electrons. The Morgan fingerprint density at radius 3 is 2.12 bits per heavy atom. The summed E-state index contributed by atoms with van der Waals surface area (Å²) in [5.41, 5.74) is 2.93. The number of hydrogen-bond donors (Lipinski definition) is 3. The molecule has 0 fully saturated rings. The van der Waals surface area contributed by atoms with Gasteiger partial charge in [-0.2, -0.15) is 0 Å². The highest BCUT2D eigenvalue weighted by Gasteiger charge is 2.41. The molecule has 2 unspecified atom stereocenters. The van der Waals surface area contributed by atoms with Gasteiger partial charge in [0.05, 0.1) is 6.61 Å². The van der Waals surface area contributed by atoms with Crippen molar-refractivity contribution >= 4 is 18.0 Å². The third-order valence-electron chi connectivity index (χ3n) is 6.29. The van der Waals surface area contributed by atoms with E-state index < -0.39 is 29.6 Å². The van der Waals surface area contributed by atoms with Crippen molar-refractivity contribution < 1.29 is 29.0 Å². The van der Waals surface area contributed by atoms with Crippen LogP contribution in [0.4, 0.5) is 4.79 Å². The van der Waals surface area contributed by atoms with Crippen molar-refractivity contribution in [2.45, 2.75) is 50.6 Å². The fourth-order valence-electron chi connectivity index (χ4n) is 4.43. The van der Waals surface area contributed by atoms with E-state index in [9.17, 15) is 19.5 Å². The van der Waals surface area contributed by atoms with Crippen LogP contribution < -0.4 is 10.6 Å². The maximum atomic E-state index is 13.1. The molecule has 182 valence electrons. The van der Waals surface area contributed by atoms with Crippen LogP contribution in [-0.2, 0) is 19.1 Å². The summed E-state index contributed by atoms with van der Waals surface area (Å²) in [6.07, 6.45) is 0.285. The van der Waals surface area contributed by atoms with Crippen LogP contribution in [-0.4, -0.2) is 55.0 Å². The van der Waals surface area contributed by atoms with Gasteiger partial charge in [0.2, 0.25) is 5.91 Å². The van der Waals surface area contributed by atoms with Gasteiger partial charge in [0, 0.05) is 13.0 Å². The fourth-order valence-corrected chi connectivity index (χ4v) is 4.43. The number of carbonyl (C=O) groups excluding carboxylic acids is 2. The molecule has 0 aromatic heterocycles. The van der Waals surface area contributed by atoms with E-state index in [1.807, 2.05) is 43.3 Å². The minimum atomic E-state index is -1.46. The van der Waals surface area contributed by atoms with Gasteiger partial charge in [-0.25, -0.2) is 9.59 Å². The number of rotatable bonds is 11. The minimum absolute atomic E-state index is 0.0990. The average molecular weight is 469 g/mol. The van der Waals surface area contributed by atoms with Gasteiger partial charge in [-0.15, -0.1) is 0 Å². The summed E-state index contributed by atoms with van der Waals surface area (Å²) in [4.78, 5) is 37.4. The van der Waals surface area contributed by atoms with E-state index in [1.54, 1.807) is 6.92 Å². The van der Waals surface area contributed by atoms with Crippen molar-refractivity contribution in [2.75, 3.05) is 20.3 Å². The van der Waals surface area contributed by atoms with E-state index in [-0.39, 0.29) is 32.0 Å². The van der Waals surface area contributed by atoms with Crippen molar-refractivity contribution in [2.24, 2.45) is 0 Å². The molecule has 1 aliphatic rings. The molecule has 1 aliphatic carbocycles. The Hall–Kier alpha value is -3.39. The van der Waals surface area contributed by atoms with Gasteiger partial charge in [0.25, 0.3) is 0 Å². The van der Waals surface area contributed by atoms with Gasteiger partial charge in [0.1, 0.15) is 18.2 Å². The number of hydrogen-bond acceptors (Lipinski definition) is 5. The second-order valence-electron chi connectivity index (χ2n) is 8.47. The third-order valence-corrected chi connectivity index (χ3v) is 6.29. The number of amides is 2. The standard InChI is InChI=1S/C26H32N2O6/c1-4-10-22(23(29)30)27-24(31)26(5-2,16-33-3)28-25(32)34-15-21-19-13-8-6-11-17(19)18-12-7-9-14-20(18)21/h6-9,11-14,21-22H,4-5,10,15-16H2,1-3H3,(H,27,31)(H,28,32)(H,29,30). The Kier molecular flexibility index (Phi) is 8.28. The molecule has 8 heteroatoms. The maximum absolute atomic E-state index is 13.1. The molecule has 0 saturated carbocycles. The summed E-state index contributed by atoms with van der Waals surface area (Å²) in [6.45, 7) is 3.52. The van der Waals surface area contributed by atoms with E-state index in [1.165, 1.54) is 7.11 Å². The van der Waals surface area contributed by atoms with E-state index in [0.29, 0.717) is 6.42 Å². The number of nitrogens with one attached hydrogen (secondary N) is 2. The van der Waals surface area contributed by atoms with Crippen LogP contribution in [0.1, 0.15) is 50.2 Å². The van der Waals surface area contributed by atoms with Gasteiger partial charge in [0.15, 0.2) is 0 Å². The highest BCUT2D eigenvalue weighted by Crippen LogP contribution is 2.44. The first kappa shape index (κ1) is 25.2. The zero-order valence-corrected chi connectivity index (χ0v) is 19.8. The Morgan fingerprint density at radius 1 is 1.03 bits per heavy atom. The van der Waals surface area contributed by atoms with Gasteiger partial charge in [-0.1, -0.05) is 68.8 Å². The van der Waals surface area contributed by atoms with Gasteiger partial charge < -0.3 is 25.2 Å². The van der Waals surface area contributed by atoms with Crippen LogP contribution in [0.25, 0.3) is 11.1 Å². The Bertz CT molecular complexity index is 994. The van der Waals surface area contributed by atoms with Crippen molar-refractivity contribution in [1.29, 1.82) is 0 Å². The van der Waals surface area contributed by atoms with E-state index >= 15 is 0 Å². The topological polar surface area (TPSA) is 114 Å². The molecule has 2 atom stereocenters. The molecule has 34 heavy (non-hydrogen) atoms. The van der Waals surface area contributed by atoms with Crippen LogP contribution in [0.5, 0.6) is 0 Å². The number of carbonyl (C=O) groups is 3. The van der Waals surface area contributed by atoms with Crippen LogP contribution in [0.3, 0.4) is 0 Å². The molecule has 0 aliphatic heterocycles. The largest absolute Gasteiger partial charge is 0.480 e. The first-order chi connectivity index (χ1) is 16.4. The lowest BCUT2D eigenvalue weighted by Gasteiger charge is -2.32. The summed E-state index contributed by atoms with van der Waals surface area (Å²) in [7, 11) is 1.41. The van der Waals surface area contributed by atoms with Crippen molar-refractivity contribution in [1.82, 2.24) is 10.6 Å². The van der Waals surface area contributed by atoms with Crippen molar-refractivity contribution in [3.63, 3.8) is 0 Å². The summed E-state index contributed by atoms with van der Waals surface area (Å²) in [6, 6.07) is 15.0. The normalized spacial score (nSPS) is 14.9. The molecule has 8 nitrogen and oxygen atoms in total. The van der Waals surface area contributed by atoms with Crippen LogP contribution >= 0.6 is 0 Å². The SMILES string of the molecule is CCCC(NC(=O)C(CC)(COC)NC(=O)OCC1c2ccccc2-c2ccccc21)C(=O)O. The molecule has 0 saturated heterocycles. The Labute approximate surface area is 199 Å². The molecule has 0 heterocycles. The van der Waals surface area contributed by atoms with E-state index in [4.69, 9.17) is 9.47 Å². The lowest BCUT2D eigenvalue weighted by atomic mass is 9.95. The summed E-state index contributed by atoms with van der Waals surface area (Å²) in [5.74, 6) is -1.86. The van der Waals surface area contributed by atoms with E-state index in [2.05, 4.69) is 22.8 Å². The zero-order chi connectivity index (χ0) is 24.7. The van der Waals surface area contributed by atoms with Gasteiger partial charge >= 0.3 is 12.1 Å². The van der Waals surface area contributed by atoms with Crippen molar-refractivity contribution in [3.8, 4) is 11.1 Å².